The number of carbonyl (C=O) groups excluding carboxylic acids is 2. The van der Waals surface area contributed by atoms with Gasteiger partial charge in [0.05, 0.1) is 6.04 Å². The molecular formula is C20H20F4N4O3. The van der Waals surface area contributed by atoms with Gasteiger partial charge in [0, 0.05) is 11.6 Å². The van der Waals surface area contributed by atoms with Crippen molar-refractivity contribution in [3.05, 3.63) is 47.3 Å². The zero-order valence-corrected chi connectivity index (χ0v) is 16.7. The van der Waals surface area contributed by atoms with Crippen LogP contribution in [0.15, 0.2) is 30.3 Å². The first-order valence-electron chi connectivity index (χ1n) is 9.47. The van der Waals surface area contributed by atoms with E-state index in [2.05, 4.69) is 25.3 Å². The van der Waals surface area contributed by atoms with Gasteiger partial charge >= 0.3 is 12.5 Å². The Morgan fingerprint density at radius 3 is 2.39 bits per heavy atom. The van der Waals surface area contributed by atoms with E-state index in [-0.39, 0.29) is 23.5 Å². The molecule has 2 aromatic rings. The van der Waals surface area contributed by atoms with Crippen LogP contribution in [0.1, 0.15) is 47.6 Å². The zero-order valence-electron chi connectivity index (χ0n) is 16.7. The van der Waals surface area contributed by atoms with Gasteiger partial charge in [0.15, 0.2) is 0 Å². The van der Waals surface area contributed by atoms with Crippen LogP contribution in [0.2, 0.25) is 0 Å². The van der Waals surface area contributed by atoms with Crippen molar-refractivity contribution in [1.82, 2.24) is 15.3 Å². The highest BCUT2D eigenvalue weighted by molar-refractivity contribution is 5.95. The van der Waals surface area contributed by atoms with Gasteiger partial charge in [-0.1, -0.05) is 12.1 Å². The largest absolute Gasteiger partial charge is 0.461 e. The lowest BCUT2D eigenvalue weighted by atomic mass is 10.1. The number of ether oxygens (including phenoxy) is 1. The molecule has 7 nitrogen and oxygen atoms in total. The number of aryl methyl sites for hydroxylation is 1. The summed E-state index contributed by atoms with van der Waals surface area (Å²) in [6.07, 6.45) is -6.93. The molecule has 0 radical (unpaired) electrons. The Bertz CT molecular complexity index is 965. The van der Waals surface area contributed by atoms with Gasteiger partial charge in [-0.2, -0.15) is 17.6 Å². The predicted octanol–water partition coefficient (Wildman–Crippen LogP) is 3.86. The first-order chi connectivity index (χ1) is 14.5. The molecule has 3 rings (SSSR count). The Balaban J connectivity index is 1.64. The van der Waals surface area contributed by atoms with Crippen LogP contribution in [0.4, 0.5) is 23.5 Å². The summed E-state index contributed by atoms with van der Waals surface area (Å²) in [6, 6.07) is 5.85. The van der Waals surface area contributed by atoms with Crippen LogP contribution in [0, 0.1) is 12.8 Å². The normalized spacial score (nSPS) is 14.8. The Morgan fingerprint density at radius 1 is 1.16 bits per heavy atom. The highest BCUT2D eigenvalue weighted by atomic mass is 19.3. The average Bonchev–Trinajstić information content (AvgIpc) is 3.53. The molecule has 11 heteroatoms. The first-order valence-corrected chi connectivity index (χ1v) is 9.47. The molecule has 0 bridgehead atoms. The van der Waals surface area contributed by atoms with Crippen LogP contribution in [0.5, 0.6) is 5.75 Å². The highest BCUT2D eigenvalue weighted by Gasteiger charge is 2.43. The molecule has 0 saturated heterocycles. The molecule has 1 aromatic carbocycles. The fourth-order valence-corrected chi connectivity index (χ4v) is 2.68. The van der Waals surface area contributed by atoms with Gasteiger partial charge in [-0.3, -0.25) is 14.9 Å². The van der Waals surface area contributed by atoms with Crippen LogP contribution in [-0.4, -0.2) is 34.3 Å². The number of aromatic nitrogens is 2. The van der Waals surface area contributed by atoms with Crippen molar-refractivity contribution in [3.63, 3.8) is 0 Å². The van der Waals surface area contributed by atoms with Crippen molar-refractivity contribution >= 4 is 17.8 Å². The Morgan fingerprint density at radius 2 is 1.81 bits per heavy atom. The number of amides is 2. The van der Waals surface area contributed by atoms with E-state index in [0.29, 0.717) is 11.3 Å². The standard InChI is InChI=1S/C20H20F4N4O3/c1-10-9-15(27-19(25-10)28-16(29)13-3-4-13)17(30)26-11(2)12-5-7-14(8-6-12)31-20(23,24)18(21)22/h5-9,11,13,18H,3-4H2,1-2H3,(H,26,30)(H,25,27,28,29). The topological polar surface area (TPSA) is 93.2 Å². The van der Waals surface area contributed by atoms with Crippen molar-refractivity contribution in [2.45, 2.75) is 45.3 Å². The molecule has 31 heavy (non-hydrogen) atoms. The molecule has 1 fully saturated rings. The van der Waals surface area contributed by atoms with Gasteiger partial charge in [0.2, 0.25) is 11.9 Å². The molecule has 2 amide bonds. The van der Waals surface area contributed by atoms with Gasteiger partial charge in [-0.05, 0) is 50.5 Å². The van der Waals surface area contributed by atoms with E-state index < -0.39 is 30.2 Å². The number of halogens is 4. The molecule has 1 unspecified atom stereocenters. The SMILES string of the molecule is Cc1cc(C(=O)NC(C)c2ccc(OC(F)(F)C(F)F)cc2)nc(NC(=O)C2CC2)n1. The average molecular weight is 440 g/mol. The Hall–Kier alpha value is -3.24. The number of benzene rings is 1. The predicted molar refractivity (Wildman–Crippen MR) is 102 cm³/mol. The summed E-state index contributed by atoms with van der Waals surface area (Å²) in [5, 5.41) is 5.28. The van der Waals surface area contributed by atoms with Gasteiger partial charge < -0.3 is 10.1 Å². The van der Waals surface area contributed by atoms with E-state index in [9.17, 15) is 27.2 Å². The van der Waals surface area contributed by atoms with E-state index >= 15 is 0 Å². The number of nitrogens with zero attached hydrogens (tertiary/aromatic N) is 2. The second kappa shape index (κ2) is 8.86. The smallest absolute Gasteiger partial charge is 0.428 e. The summed E-state index contributed by atoms with van der Waals surface area (Å²) in [6.45, 7) is 3.30. The Kier molecular flexibility index (Phi) is 6.42. The third-order valence-electron chi connectivity index (χ3n) is 4.51. The fourth-order valence-electron chi connectivity index (χ4n) is 2.68. The van der Waals surface area contributed by atoms with Crippen LogP contribution in [0.3, 0.4) is 0 Å². The highest BCUT2D eigenvalue weighted by Crippen LogP contribution is 2.30. The van der Waals surface area contributed by atoms with Crippen LogP contribution in [-0.2, 0) is 4.79 Å². The molecule has 1 aromatic heterocycles. The van der Waals surface area contributed by atoms with E-state index in [4.69, 9.17) is 0 Å². The van der Waals surface area contributed by atoms with Crippen molar-refractivity contribution < 1.29 is 31.9 Å². The molecule has 2 N–H and O–H groups in total. The van der Waals surface area contributed by atoms with E-state index in [1.54, 1.807) is 13.8 Å². The number of anilines is 1. The monoisotopic (exact) mass is 440 g/mol. The summed E-state index contributed by atoms with van der Waals surface area (Å²) in [7, 11) is 0. The lowest BCUT2D eigenvalue weighted by Gasteiger charge is -2.18. The fraction of sp³-hybridized carbons (Fsp3) is 0.400. The van der Waals surface area contributed by atoms with Crippen LogP contribution < -0.4 is 15.4 Å². The van der Waals surface area contributed by atoms with E-state index in [1.165, 1.54) is 18.2 Å². The lowest BCUT2D eigenvalue weighted by molar-refractivity contribution is -0.253. The van der Waals surface area contributed by atoms with Crippen molar-refractivity contribution in [2.24, 2.45) is 5.92 Å². The third kappa shape index (κ3) is 5.89. The second-order valence-electron chi connectivity index (χ2n) is 7.21. The van der Waals surface area contributed by atoms with Crippen LogP contribution in [0.25, 0.3) is 0 Å². The Labute approximate surface area is 175 Å². The molecule has 1 atom stereocenters. The van der Waals surface area contributed by atoms with Crippen LogP contribution >= 0.6 is 0 Å². The maximum absolute atomic E-state index is 13.0. The summed E-state index contributed by atoms with van der Waals surface area (Å²) in [4.78, 5) is 32.6. The first kappa shape index (κ1) is 22.4. The quantitative estimate of drug-likeness (QED) is 0.608. The maximum atomic E-state index is 13.0. The van der Waals surface area contributed by atoms with Crippen molar-refractivity contribution in [1.29, 1.82) is 0 Å². The molecule has 1 heterocycles. The summed E-state index contributed by atoms with van der Waals surface area (Å²) >= 11 is 0. The summed E-state index contributed by atoms with van der Waals surface area (Å²) < 4.78 is 54.4. The van der Waals surface area contributed by atoms with E-state index in [0.717, 1.165) is 25.0 Å². The summed E-state index contributed by atoms with van der Waals surface area (Å²) in [5.41, 5.74) is 1.05. The van der Waals surface area contributed by atoms with Crippen molar-refractivity contribution in [2.75, 3.05) is 5.32 Å². The van der Waals surface area contributed by atoms with Gasteiger partial charge in [0.1, 0.15) is 11.4 Å². The van der Waals surface area contributed by atoms with Gasteiger partial charge in [-0.25, -0.2) is 9.97 Å². The molecule has 1 aliphatic rings. The van der Waals surface area contributed by atoms with E-state index in [1.807, 2.05) is 0 Å². The molecule has 1 saturated carbocycles. The number of carbonyl (C=O) groups is 2. The minimum atomic E-state index is -4.60. The molecule has 166 valence electrons. The number of hydrogen-bond donors (Lipinski definition) is 2. The number of hydrogen-bond acceptors (Lipinski definition) is 5. The van der Waals surface area contributed by atoms with Gasteiger partial charge in [-0.15, -0.1) is 0 Å². The maximum Gasteiger partial charge on any atom is 0.461 e. The molecule has 1 aliphatic carbocycles. The molecule has 0 spiro atoms. The molecular weight excluding hydrogens is 420 g/mol. The second-order valence-corrected chi connectivity index (χ2v) is 7.21. The third-order valence-corrected chi connectivity index (χ3v) is 4.51. The number of nitrogens with one attached hydrogen (secondary N) is 2. The minimum absolute atomic E-state index is 0.0381. The van der Waals surface area contributed by atoms with Crippen molar-refractivity contribution in [3.8, 4) is 5.75 Å². The van der Waals surface area contributed by atoms with Gasteiger partial charge in [0.25, 0.3) is 5.91 Å². The zero-order chi connectivity index (χ0) is 22.8. The number of rotatable bonds is 8. The summed E-state index contributed by atoms with van der Waals surface area (Å²) in [5.74, 6) is -1.17. The number of alkyl halides is 4. The molecule has 0 aliphatic heterocycles. The lowest BCUT2D eigenvalue weighted by Crippen LogP contribution is -2.33. The minimum Gasteiger partial charge on any atom is -0.428 e.